The van der Waals surface area contributed by atoms with Crippen LogP contribution in [-0.2, 0) is 17.0 Å². The van der Waals surface area contributed by atoms with Crippen LogP contribution < -0.4 is 0 Å². The Bertz CT molecular complexity index is 1320. The summed E-state index contributed by atoms with van der Waals surface area (Å²) >= 11 is 0. The Labute approximate surface area is 217 Å². The molecule has 0 amide bonds. The quantitative estimate of drug-likeness (QED) is 0.322. The third-order valence-electron chi connectivity index (χ3n) is 6.56. The molecule has 0 spiro atoms. The van der Waals surface area contributed by atoms with Crippen LogP contribution >= 0.6 is 0 Å². The van der Waals surface area contributed by atoms with E-state index < -0.39 is 17.2 Å². The van der Waals surface area contributed by atoms with Gasteiger partial charge in [-0.3, -0.25) is 0 Å². The van der Waals surface area contributed by atoms with Gasteiger partial charge in [0.25, 0.3) is 0 Å². The maximum atomic E-state index is 13.3. The zero-order valence-corrected chi connectivity index (χ0v) is 23.0. The summed E-state index contributed by atoms with van der Waals surface area (Å²) < 4.78 is 39.8. The highest BCUT2D eigenvalue weighted by Gasteiger charge is 2.33. The van der Waals surface area contributed by atoms with Crippen LogP contribution in [0.5, 0.6) is 5.75 Å². The Balaban J connectivity index is 2.23. The minimum absolute atomic E-state index is 0.0242. The van der Waals surface area contributed by atoms with Crippen molar-refractivity contribution in [1.82, 2.24) is 15.0 Å². The number of phenols is 1. The summed E-state index contributed by atoms with van der Waals surface area (Å²) in [5, 5.41) is 20.3. The van der Waals surface area contributed by atoms with Crippen molar-refractivity contribution in [2.24, 2.45) is 5.41 Å². The molecule has 4 nitrogen and oxygen atoms in total. The van der Waals surface area contributed by atoms with E-state index in [9.17, 15) is 18.3 Å². The molecule has 3 rings (SSSR count). The van der Waals surface area contributed by atoms with E-state index >= 15 is 0 Å². The van der Waals surface area contributed by atoms with Crippen molar-refractivity contribution in [2.45, 2.75) is 85.2 Å². The van der Waals surface area contributed by atoms with Crippen LogP contribution in [0.3, 0.4) is 0 Å². The fourth-order valence-corrected chi connectivity index (χ4v) is 4.97. The highest BCUT2D eigenvalue weighted by atomic mass is 19.4. The number of aromatic nitrogens is 3. The lowest BCUT2D eigenvalue weighted by Crippen LogP contribution is -2.26. The second-order valence-corrected chi connectivity index (χ2v) is 12.2. The van der Waals surface area contributed by atoms with E-state index in [2.05, 4.69) is 70.8 Å². The van der Waals surface area contributed by atoms with E-state index in [-0.39, 0.29) is 22.1 Å². The van der Waals surface area contributed by atoms with E-state index in [1.54, 1.807) is 0 Å². The maximum absolute atomic E-state index is 13.3. The Morgan fingerprint density at radius 3 is 2.08 bits per heavy atom. The number of aromatic hydroxyl groups is 1. The fourth-order valence-electron chi connectivity index (χ4n) is 4.97. The zero-order chi connectivity index (χ0) is 27.8. The molecule has 1 heterocycles. The van der Waals surface area contributed by atoms with Gasteiger partial charge >= 0.3 is 6.18 Å². The van der Waals surface area contributed by atoms with Gasteiger partial charge in [0.1, 0.15) is 22.5 Å². The van der Waals surface area contributed by atoms with Gasteiger partial charge in [-0.1, -0.05) is 78.8 Å². The second kappa shape index (κ2) is 9.99. The van der Waals surface area contributed by atoms with Gasteiger partial charge in [0, 0.05) is 5.56 Å². The Morgan fingerprint density at radius 1 is 0.838 bits per heavy atom. The second-order valence-electron chi connectivity index (χ2n) is 12.2. The fraction of sp³-hybridized carbons (Fsp3) is 0.467. The van der Waals surface area contributed by atoms with Crippen molar-refractivity contribution in [3.8, 4) is 11.4 Å². The number of benzene rings is 2. The van der Waals surface area contributed by atoms with Gasteiger partial charge in [0.15, 0.2) is 0 Å². The summed E-state index contributed by atoms with van der Waals surface area (Å²) in [6.45, 7) is 17.0. The molecule has 0 atom stereocenters. The summed E-state index contributed by atoms with van der Waals surface area (Å²) in [5.41, 5.74) is 1.13. The van der Waals surface area contributed by atoms with Crippen molar-refractivity contribution >= 4 is 11.0 Å². The lowest BCUT2D eigenvalue weighted by Gasteiger charge is -2.35. The van der Waals surface area contributed by atoms with E-state index in [1.807, 2.05) is 31.2 Å². The topological polar surface area (TPSA) is 50.9 Å². The minimum atomic E-state index is -4.48. The van der Waals surface area contributed by atoms with Crippen LogP contribution in [-0.4, -0.2) is 20.1 Å². The molecule has 0 aliphatic rings. The largest absolute Gasteiger partial charge is 0.505 e. The lowest BCUT2D eigenvalue weighted by molar-refractivity contribution is -0.137. The first-order valence-corrected chi connectivity index (χ1v) is 12.6. The third kappa shape index (κ3) is 6.62. The maximum Gasteiger partial charge on any atom is 0.416 e. The van der Waals surface area contributed by atoms with Crippen LogP contribution in [0.2, 0.25) is 0 Å². The number of fused-ring (bicyclic) bond motifs is 1. The van der Waals surface area contributed by atoms with Gasteiger partial charge in [-0.2, -0.15) is 13.2 Å². The predicted octanol–water partition coefficient (Wildman–Crippen LogP) is 8.66. The molecule has 0 saturated heterocycles. The standard InChI is InChI=1S/C30H38F3N3O/c1-9-10-11-12-15-28(5,6)22-16-21(29(7,8)19-27(2,3)4)18-25(26(22)37)36-34-23-14-13-20(30(31,32)33)17-24(23)35-36/h9-14,16-18,37H,15,19H2,1-8H3/b10-9-,12-11-. The van der Waals surface area contributed by atoms with Crippen molar-refractivity contribution in [3.63, 3.8) is 0 Å². The molecule has 0 aliphatic heterocycles. The number of halogens is 3. The molecule has 7 heteroatoms. The molecule has 0 unspecified atom stereocenters. The molecular weight excluding hydrogens is 475 g/mol. The lowest BCUT2D eigenvalue weighted by atomic mass is 9.70. The number of hydrogen-bond donors (Lipinski definition) is 1. The zero-order valence-electron chi connectivity index (χ0n) is 23.0. The molecule has 37 heavy (non-hydrogen) atoms. The summed E-state index contributed by atoms with van der Waals surface area (Å²) in [7, 11) is 0. The number of nitrogens with zero attached hydrogens (tertiary/aromatic N) is 3. The average Bonchev–Trinajstić information content (AvgIpc) is 3.17. The van der Waals surface area contributed by atoms with Gasteiger partial charge in [-0.05, 0) is 65.8 Å². The van der Waals surface area contributed by atoms with Crippen molar-refractivity contribution in [3.05, 3.63) is 71.3 Å². The van der Waals surface area contributed by atoms with Crippen molar-refractivity contribution in [2.75, 3.05) is 0 Å². The molecule has 200 valence electrons. The first-order chi connectivity index (χ1) is 16.9. The summed E-state index contributed by atoms with van der Waals surface area (Å²) in [6.07, 6.45) is 5.03. The van der Waals surface area contributed by atoms with Crippen LogP contribution in [0.1, 0.15) is 84.9 Å². The Kier molecular flexibility index (Phi) is 7.69. The van der Waals surface area contributed by atoms with Crippen molar-refractivity contribution < 1.29 is 18.3 Å². The Hall–Kier alpha value is -3.09. The molecule has 0 bridgehead atoms. The molecule has 0 radical (unpaired) electrons. The molecule has 1 N–H and O–H groups in total. The molecule has 0 fully saturated rings. The van der Waals surface area contributed by atoms with E-state index in [0.29, 0.717) is 17.6 Å². The molecular formula is C30H38F3N3O. The molecule has 0 aliphatic carbocycles. The summed E-state index contributed by atoms with van der Waals surface area (Å²) in [5.74, 6) is 0.0242. The van der Waals surface area contributed by atoms with E-state index in [4.69, 9.17) is 0 Å². The average molecular weight is 514 g/mol. The smallest absolute Gasteiger partial charge is 0.416 e. The van der Waals surface area contributed by atoms with Gasteiger partial charge < -0.3 is 5.11 Å². The van der Waals surface area contributed by atoms with Crippen LogP contribution in [0.15, 0.2) is 54.6 Å². The number of alkyl halides is 3. The molecule has 2 aromatic carbocycles. The van der Waals surface area contributed by atoms with E-state index in [1.165, 1.54) is 10.9 Å². The highest BCUT2D eigenvalue weighted by Crippen LogP contribution is 2.44. The first kappa shape index (κ1) is 28.5. The molecule has 0 saturated carbocycles. The number of allylic oxidation sites excluding steroid dienone is 4. The van der Waals surface area contributed by atoms with Crippen LogP contribution in [0, 0.1) is 5.41 Å². The Morgan fingerprint density at radius 2 is 1.49 bits per heavy atom. The monoisotopic (exact) mass is 513 g/mol. The molecule has 1 aromatic heterocycles. The predicted molar refractivity (Wildman–Crippen MR) is 144 cm³/mol. The van der Waals surface area contributed by atoms with Crippen LogP contribution in [0.25, 0.3) is 16.7 Å². The number of phenolic OH excluding ortho intramolecular Hbond substituents is 1. The highest BCUT2D eigenvalue weighted by molar-refractivity contribution is 5.75. The van der Waals surface area contributed by atoms with Crippen LogP contribution in [0.4, 0.5) is 13.2 Å². The van der Waals surface area contributed by atoms with E-state index in [0.717, 1.165) is 29.7 Å². The number of hydrogen-bond acceptors (Lipinski definition) is 3. The van der Waals surface area contributed by atoms with Gasteiger partial charge in [0.05, 0.1) is 5.56 Å². The third-order valence-corrected chi connectivity index (χ3v) is 6.56. The number of rotatable bonds is 7. The van der Waals surface area contributed by atoms with Gasteiger partial charge in [-0.15, -0.1) is 15.0 Å². The summed E-state index contributed by atoms with van der Waals surface area (Å²) in [6, 6.07) is 7.21. The SMILES string of the molecule is C/C=C\C=C/CC(C)(C)c1cc(C(C)(C)CC(C)(C)C)cc(-n2nc3ccc(C(F)(F)F)cc3n2)c1O. The molecule has 3 aromatic rings. The van der Waals surface area contributed by atoms with Crippen molar-refractivity contribution in [1.29, 1.82) is 0 Å². The van der Waals surface area contributed by atoms with Gasteiger partial charge in [-0.25, -0.2) is 0 Å². The van der Waals surface area contributed by atoms with Gasteiger partial charge in [0.2, 0.25) is 0 Å². The minimum Gasteiger partial charge on any atom is -0.505 e. The normalized spacial score (nSPS) is 13.9. The summed E-state index contributed by atoms with van der Waals surface area (Å²) in [4.78, 5) is 1.26. The first-order valence-electron chi connectivity index (χ1n) is 12.6.